The summed E-state index contributed by atoms with van der Waals surface area (Å²) in [5, 5.41) is 5.90. The van der Waals surface area contributed by atoms with Crippen molar-refractivity contribution >= 4 is 34.7 Å². The summed E-state index contributed by atoms with van der Waals surface area (Å²) in [6, 6.07) is 11.3. The van der Waals surface area contributed by atoms with Gasteiger partial charge in [-0.15, -0.1) is 0 Å². The minimum atomic E-state index is -0.981. The molecule has 3 aromatic rings. The summed E-state index contributed by atoms with van der Waals surface area (Å²) in [7, 11) is 1.50. The fourth-order valence-corrected chi connectivity index (χ4v) is 2.57. The molecule has 0 saturated heterocycles. The SMILES string of the molecule is COc1ccc(NC(=O)c2ccnc(Nc3ccc(F)c(F)c3)c2)cc1Cl. The Kier molecular flexibility index (Phi) is 5.52. The molecule has 0 saturated carbocycles. The maximum atomic E-state index is 13.3. The van der Waals surface area contributed by atoms with E-state index in [0.29, 0.717) is 33.5 Å². The van der Waals surface area contributed by atoms with Gasteiger partial charge in [0.25, 0.3) is 5.91 Å². The minimum Gasteiger partial charge on any atom is -0.495 e. The van der Waals surface area contributed by atoms with Crippen molar-refractivity contribution in [3.8, 4) is 5.75 Å². The summed E-state index contributed by atoms with van der Waals surface area (Å²) >= 11 is 6.04. The molecule has 138 valence electrons. The first kappa shape index (κ1) is 18.6. The third-order valence-electron chi connectivity index (χ3n) is 3.62. The third-order valence-corrected chi connectivity index (χ3v) is 3.92. The van der Waals surface area contributed by atoms with Crippen molar-refractivity contribution in [1.82, 2.24) is 4.98 Å². The van der Waals surface area contributed by atoms with Crippen LogP contribution in [0.2, 0.25) is 5.02 Å². The number of pyridine rings is 1. The Labute approximate surface area is 159 Å². The maximum Gasteiger partial charge on any atom is 0.255 e. The van der Waals surface area contributed by atoms with E-state index in [1.165, 1.54) is 31.5 Å². The highest BCUT2D eigenvalue weighted by molar-refractivity contribution is 6.32. The van der Waals surface area contributed by atoms with Gasteiger partial charge in [-0.2, -0.15) is 0 Å². The summed E-state index contributed by atoms with van der Waals surface area (Å²) in [5.74, 6) is -1.50. The second-order valence-corrected chi connectivity index (χ2v) is 5.89. The number of methoxy groups -OCH3 is 1. The lowest BCUT2D eigenvalue weighted by Crippen LogP contribution is -2.12. The minimum absolute atomic E-state index is 0.306. The van der Waals surface area contributed by atoms with Crippen LogP contribution in [0.5, 0.6) is 5.75 Å². The summed E-state index contributed by atoms with van der Waals surface area (Å²) in [4.78, 5) is 16.5. The molecule has 0 unspecified atom stereocenters. The quantitative estimate of drug-likeness (QED) is 0.643. The van der Waals surface area contributed by atoms with Crippen molar-refractivity contribution in [2.24, 2.45) is 0 Å². The molecule has 8 heteroatoms. The van der Waals surface area contributed by atoms with Crippen LogP contribution in [-0.4, -0.2) is 18.0 Å². The molecule has 2 aromatic carbocycles. The number of benzene rings is 2. The van der Waals surface area contributed by atoms with Crippen LogP contribution in [-0.2, 0) is 0 Å². The van der Waals surface area contributed by atoms with Gasteiger partial charge < -0.3 is 15.4 Å². The molecule has 2 N–H and O–H groups in total. The Morgan fingerprint density at radius 2 is 1.81 bits per heavy atom. The van der Waals surface area contributed by atoms with Crippen molar-refractivity contribution in [2.75, 3.05) is 17.7 Å². The van der Waals surface area contributed by atoms with Crippen LogP contribution in [0.15, 0.2) is 54.7 Å². The number of aromatic nitrogens is 1. The average Bonchev–Trinajstić information content (AvgIpc) is 2.65. The summed E-state index contributed by atoms with van der Waals surface area (Å²) in [6.07, 6.45) is 1.43. The van der Waals surface area contributed by atoms with Gasteiger partial charge >= 0.3 is 0 Å². The van der Waals surface area contributed by atoms with Crippen molar-refractivity contribution < 1.29 is 18.3 Å². The van der Waals surface area contributed by atoms with E-state index in [9.17, 15) is 13.6 Å². The Morgan fingerprint density at radius 3 is 2.52 bits per heavy atom. The Bertz CT molecular complexity index is 998. The molecule has 0 aliphatic heterocycles. The summed E-state index contributed by atoms with van der Waals surface area (Å²) < 4.78 is 31.4. The summed E-state index contributed by atoms with van der Waals surface area (Å²) in [5.41, 5.74) is 1.13. The van der Waals surface area contributed by atoms with Gasteiger partial charge in [0.2, 0.25) is 0 Å². The fraction of sp³-hybridized carbons (Fsp3) is 0.0526. The zero-order chi connectivity index (χ0) is 19.4. The topological polar surface area (TPSA) is 63.2 Å². The molecule has 27 heavy (non-hydrogen) atoms. The molecule has 1 aromatic heterocycles. The van der Waals surface area contributed by atoms with Gasteiger partial charge in [0.15, 0.2) is 11.6 Å². The largest absolute Gasteiger partial charge is 0.495 e. The van der Waals surface area contributed by atoms with Crippen molar-refractivity contribution in [1.29, 1.82) is 0 Å². The number of anilines is 3. The van der Waals surface area contributed by atoms with Gasteiger partial charge in [0, 0.05) is 29.2 Å². The number of amides is 1. The number of nitrogens with one attached hydrogen (secondary N) is 2. The smallest absolute Gasteiger partial charge is 0.255 e. The van der Waals surface area contributed by atoms with Crippen LogP contribution in [0.3, 0.4) is 0 Å². The van der Waals surface area contributed by atoms with Gasteiger partial charge in [-0.1, -0.05) is 11.6 Å². The zero-order valence-corrected chi connectivity index (χ0v) is 14.8. The standard InChI is InChI=1S/C19H14ClF2N3O2/c1-27-17-5-3-12(9-14(17)20)25-19(26)11-6-7-23-18(8-11)24-13-2-4-15(21)16(22)10-13/h2-10H,1H3,(H,23,24)(H,25,26). The van der Waals surface area contributed by atoms with E-state index in [4.69, 9.17) is 16.3 Å². The Hall–Kier alpha value is -3.19. The predicted octanol–water partition coefficient (Wildman–Crippen LogP) is 5.02. The molecule has 3 rings (SSSR count). The molecule has 0 radical (unpaired) electrons. The number of halogens is 3. The van der Waals surface area contributed by atoms with E-state index < -0.39 is 11.6 Å². The lowest BCUT2D eigenvalue weighted by atomic mass is 10.2. The van der Waals surface area contributed by atoms with Crippen molar-refractivity contribution in [3.63, 3.8) is 0 Å². The highest BCUT2D eigenvalue weighted by Crippen LogP contribution is 2.27. The van der Waals surface area contributed by atoms with Crippen LogP contribution in [0.1, 0.15) is 10.4 Å². The van der Waals surface area contributed by atoms with Gasteiger partial charge in [-0.05, 0) is 42.5 Å². The summed E-state index contributed by atoms with van der Waals surface area (Å²) in [6.45, 7) is 0. The van der Waals surface area contributed by atoms with E-state index in [1.54, 1.807) is 18.2 Å². The third kappa shape index (κ3) is 4.51. The Morgan fingerprint density at radius 1 is 1.04 bits per heavy atom. The molecule has 5 nitrogen and oxygen atoms in total. The fourth-order valence-electron chi connectivity index (χ4n) is 2.31. The first-order valence-corrected chi connectivity index (χ1v) is 8.17. The molecule has 1 heterocycles. The monoisotopic (exact) mass is 389 g/mol. The second-order valence-electron chi connectivity index (χ2n) is 5.49. The van der Waals surface area contributed by atoms with Crippen LogP contribution in [0, 0.1) is 11.6 Å². The molecule has 0 bridgehead atoms. The molecule has 0 aliphatic carbocycles. The van der Waals surface area contributed by atoms with E-state index >= 15 is 0 Å². The molecule has 0 aliphatic rings. The molecule has 0 atom stereocenters. The van der Waals surface area contributed by atoms with Crippen molar-refractivity contribution in [2.45, 2.75) is 0 Å². The van der Waals surface area contributed by atoms with E-state index in [0.717, 1.165) is 12.1 Å². The predicted molar refractivity (Wildman–Crippen MR) is 99.8 cm³/mol. The van der Waals surface area contributed by atoms with E-state index in [-0.39, 0.29) is 5.91 Å². The number of rotatable bonds is 5. The number of carbonyl (C=O) groups is 1. The normalized spacial score (nSPS) is 10.4. The maximum absolute atomic E-state index is 13.3. The van der Waals surface area contributed by atoms with Crippen molar-refractivity contribution in [3.05, 3.63) is 76.9 Å². The number of carbonyl (C=O) groups excluding carboxylic acids is 1. The van der Waals surface area contributed by atoms with Crippen LogP contribution >= 0.6 is 11.6 Å². The van der Waals surface area contributed by atoms with Gasteiger partial charge in [-0.25, -0.2) is 13.8 Å². The van der Waals surface area contributed by atoms with E-state index in [1.807, 2.05) is 0 Å². The second kappa shape index (κ2) is 8.01. The zero-order valence-electron chi connectivity index (χ0n) is 14.1. The lowest BCUT2D eigenvalue weighted by Gasteiger charge is -2.10. The number of nitrogens with zero attached hydrogens (tertiary/aromatic N) is 1. The highest BCUT2D eigenvalue weighted by Gasteiger charge is 2.10. The van der Waals surface area contributed by atoms with E-state index in [2.05, 4.69) is 15.6 Å². The lowest BCUT2D eigenvalue weighted by molar-refractivity contribution is 0.102. The first-order valence-electron chi connectivity index (χ1n) is 7.79. The number of hydrogen-bond acceptors (Lipinski definition) is 4. The molecular formula is C19H14ClF2N3O2. The molecule has 0 spiro atoms. The average molecular weight is 390 g/mol. The molecule has 1 amide bonds. The highest BCUT2D eigenvalue weighted by atomic mass is 35.5. The van der Waals surface area contributed by atoms with Crippen LogP contribution in [0.4, 0.5) is 26.0 Å². The van der Waals surface area contributed by atoms with Gasteiger partial charge in [0.05, 0.1) is 12.1 Å². The Balaban J connectivity index is 1.75. The number of ether oxygens (including phenoxy) is 1. The van der Waals surface area contributed by atoms with Gasteiger partial charge in [0.1, 0.15) is 11.6 Å². The first-order chi connectivity index (χ1) is 13.0. The van der Waals surface area contributed by atoms with Crippen LogP contribution < -0.4 is 15.4 Å². The van der Waals surface area contributed by atoms with Crippen LogP contribution in [0.25, 0.3) is 0 Å². The van der Waals surface area contributed by atoms with Gasteiger partial charge in [-0.3, -0.25) is 4.79 Å². The molecular weight excluding hydrogens is 376 g/mol. The molecule has 0 fully saturated rings. The number of hydrogen-bond donors (Lipinski definition) is 2.